The summed E-state index contributed by atoms with van der Waals surface area (Å²) in [6.07, 6.45) is 2.59. The van der Waals surface area contributed by atoms with Crippen LogP contribution in [0.1, 0.15) is 24.0 Å². The number of halogens is 3. The third-order valence-electron chi connectivity index (χ3n) is 5.80. The van der Waals surface area contributed by atoms with E-state index < -0.39 is 0 Å². The highest BCUT2D eigenvalue weighted by atomic mass is 35.5. The Bertz CT molecular complexity index is 904. The Morgan fingerprint density at radius 2 is 1.79 bits per heavy atom. The maximum absolute atomic E-state index is 13.0. The molecule has 1 unspecified atom stereocenters. The van der Waals surface area contributed by atoms with Crippen molar-refractivity contribution < 1.29 is 19.0 Å². The minimum absolute atomic E-state index is 0. The molecule has 2 aromatic rings. The highest BCUT2D eigenvalue weighted by molar-refractivity contribution is 6.37. The first-order chi connectivity index (χ1) is 15.9. The van der Waals surface area contributed by atoms with Crippen molar-refractivity contribution in [2.24, 2.45) is 11.7 Å². The molecule has 2 atom stereocenters. The number of ether oxygens (including phenoxy) is 3. The normalized spacial score (nSPS) is 16.1. The van der Waals surface area contributed by atoms with Crippen LogP contribution in [0.25, 0.3) is 0 Å². The monoisotopic (exact) mass is 530 g/mol. The van der Waals surface area contributed by atoms with Crippen molar-refractivity contribution in [3.8, 4) is 11.5 Å². The van der Waals surface area contributed by atoms with Crippen LogP contribution < -0.4 is 15.2 Å². The van der Waals surface area contributed by atoms with Crippen LogP contribution in [0.2, 0.25) is 10.0 Å². The molecule has 9 heteroatoms. The lowest BCUT2D eigenvalue weighted by Gasteiger charge is -2.28. The van der Waals surface area contributed by atoms with Gasteiger partial charge in [-0.3, -0.25) is 4.79 Å². The van der Waals surface area contributed by atoms with Crippen LogP contribution >= 0.6 is 35.6 Å². The quantitative estimate of drug-likeness (QED) is 0.416. The number of hydrogen-bond donors (Lipinski definition) is 1. The molecule has 1 aliphatic heterocycles. The number of hydrogen-bond acceptors (Lipinski definition) is 5. The van der Waals surface area contributed by atoms with Crippen molar-refractivity contribution in [3.63, 3.8) is 0 Å². The molecule has 0 radical (unpaired) electrons. The summed E-state index contributed by atoms with van der Waals surface area (Å²) >= 11 is 12.4. The van der Waals surface area contributed by atoms with Gasteiger partial charge < -0.3 is 24.8 Å². The first-order valence-corrected chi connectivity index (χ1v) is 12.0. The van der Waals surface area contributed by atoms with E-state index in [-0.39, 0.29) is 30.3 Å². The Hall–Kier alpha value is -1.70. The maximum atomic E-state index is 13.0. The van der Waals surface area contributed by atoms with E-state index in [1.165, 1.54) is 0 Å². The van der Waals surface area contributed by atoms with Crippen molar-refractivity contribution in [2.45, 2.75) is 32.2 Å². The van der Waals surface area contributed by atoms with Gasteiger partial charge in [-0.2, -0.15) is 0 Å². The molecule has 0 aliphatic carbocycles. The number of carbonyl (C=O) groups excluding carboxylic acids is 1. The van der Waals surface area contributed by atoms with E-state index in [9.17, 15) is 4.79 Å². The number of benzene rings is 2. The predicted molar refractivity (Wildman–Crippen MR) is 139 cm³/mol. The molecule has 2 aromatic carbocycles. The van der Waals surface area contributed by atoms with Crippen LogP contribution in [-0.2, 0) is 16.0 Å². The summed E-state index contributed by atoms with van der Waals surface area (Å²) < 4.78 is 16.7. The SMILES string of the molecule is COC[C@@H]1CCCN1C(=O)C(CN)Cc1ccc(OCCOc2c(Cl)cc(C)cc2Cl)cc1.Cl. The number of nitrogens with zero attached hydrogens (tertiary/aromatic N) is 1. The molecule has 34 heavy (non-hydrogen) atoms. The molecule has 1 amide bonds. The summed E-state index contributed by atoms with van der Waals surface area (Å²) in [4.78, 5) is 15.0. The largest absolute Gasteiger partial charge is 0.490 e. The molecule has 3 rings (SSSR count). The molecule has 1 fully saturated rings. The maximum Gasteiger partial charge on any atom is 0.227 e. The van der Waals surface area contributed by atoms with Crippen molar-refractivity contribution >= 4 is 41.5 Å². The fourth-order valence-corrected chi connectivity index (χ4v) is 4.84. The van der Waals surface area contributed by atoms with Crippen LogP contribution in [-0.4, -0.2) is 56.9 Å². The third kappa shape index (κ3) is 7.65. The number of carbonyl (C=O) groups is 1. The van der Waals surface area contributed by atoms with E-state index in [1.54, 1.807) is 7.11 Å². The number of methoxy groups -OCH3 is 1. The molecule has 2 N–H and O–H groups in total. The van der Waals surface area contributed by atoms with Crippen molar-refractivity contribution in [1.82, 2.24) is 4.90 Å². The summed E-state index contributed by atoms with van der Waals surface area (Å²) in [5.41, 5.74) is 7.98. The molecule has 0 saturated carbocycles. The first-order valence-electron chi connectivity index (χ1n) is 11.2. The number of amides is 1. The molecule has 0 bridgehead atoms. The molecule has 1 saturated heterocycles. The van der Waals surface area contributed by atoms with Crippen LogP contribution in [0.4, 0.5) is 0 Å². The zero-order valence-electron chi connectivity index (χ0n) is 19.6. The van der Waals surface area contributed by atoms with Crippen LogP contribution in [0.5, 0.6) is 11.5 Å². The number of nitrogens with two attached hydrogens (primary N) is 1. The van der Waals surface area contributed by atoms with E-state index in [0.717, 1.165) is 36.3 Å². The van der Waals surface area contributed by atoms with Crippen molar-refractivity contribution in [1.29, 1.82) is 0 Å². The average Bonchev–Trinajstić information content (AvgIpc) is 3.25. The summed E-state index contributed by atoms with van der Waals surface area (Å²) in [5.74, 6) is 1.06. The molecule has 188 valence electrons. The number of aryl methyl sites for hydroxylation is 1. The van der Waals surface area contributed by atoms with E-state index in [1.807, 2.05) is 48.2 Å². The average molecular weight is 532 g/mol. The summed E-state index contributed by atoms with van der Waals surface area (Å²) in [5, 5.41) is 0.964. The lowest BCUT2D eigenvalue weighted by molar-refractivity contribution is -0.136. The second kappa shape index (κ2) is 14.0. The third-order valence-corrected chi connectivity index (χ3v) is 6.36. The summed E-state index contributed by atoms with van der Waals surface area (Å²) in [6.45, 7) is 4.24. The Morgan fingerprint density at radius 1 is 1.15 bits per heavy atom. The summed E-state index contributed by atoms with van der Waals surface area (Å²) in [6, 6.07) is 11.5. The van der Waals surface area contributed by atoms with Gasteiger partial charge in [-0.25, -0.2) is 0 Å². The van der Waals surface area contributed by atoms with Crippen LogP contribution in [0.15, 0.2) is 36.4 Å². The van der Waals surface area contributed by atoms with Gasteiger partial charge in [0.1, 0.15) is 19.0 Å². The molecular formula is C25H33Cl3N2O4. The lowest BCUT2D eigenvalue weighted by atomic mass is 9.97. The molecule has 6 nitrogen and oxygen atoms in total. The second-order valence-corrected chi connectivity index (χ2v) is 9.13. The van der Waals surface area contributed by atoms with Gasteiger partial charge in [-0.1, -0.05) is 35.3 Å². The molecule has 0 aromatic heterocycles. The van der Waals surface area contributed by atoms with E-state index in [0.29, 0.717) is 48.6 Å². The van der Waals surface area contributed by atoms with Gasteiger partial charge in [-0.05, 0) is 61.6 Å². The Kier molecular flexibility index (Phi) is 11.8. The fourth-order valence-electron chi connectivity index (χ4n) is 4.13. The smallest absolute Gasteiger partial charge is 0.227 e. The van der Waals surface area contributed by atoms with E-state index in [4.69, 9.17) is 43.1 Å². The molecular weight excluding hydrogens is 499 g/mol. The van der Waals surface area contributed by atoms with Gasteiger partial charge in [-0.15, -0.1) is 12.4 Å². The van der Waals surface area contributed by atoms with Crippen molar-refractivity contribution in [3.05, 3.63) is 57.6 Å². The van der Waals surface area contributed by atoms with Gasteiger partial charge in [0, 0.05) is 20.2 Å². The van der Waals surface area contributed by atoms with Gasteiger partial charge >= 0.3 is 0 Å². The highest BCUT2D eigenvalue weighted by Gasteiger charge is 2.32. The Morgan fingerprint density at radius 3 is 2.41 bits per heavy atom. The minimum Gasteiger partial charge on any atom is -0.490 e. The van der Waals surface area contributed by atoms with Gasteiger partial charge in [0.2, 0.25) is 5.91 Å². The van der Waals surface area contributed by atoms with E-state index >= 15 is 0 Å². The van der Waals surface area contributed by atoms with Crippen molar-refractivity contribution in [2.75, 3.05) is 40.0 Å². The van der Waals surface area contributed by atoms with Crippen LogP contribution in [0, 0.1) is 12.8 Å². The number of likely N-dealkylation sites (tertiary alicyclic amines) is 1. The Balaban J connectivity index is 0.00000408. The molecule has 0 spiro atoms. The predicted octanol–water partition coefficient (Wildman–Crippen LogP) is 4.94. The Labute approximate surface area is 218 Å². The lowest BCUT2D eigenvalue weighted by Crippen LogP contribution is -2.44. The van der Waals surface area contributed by atoms with E-state index in [2.05, 4.69) is 0 Å². The fraction of sp³-hybridized carbons (Fsp3) is 0.480. The summed E-state index contributed by atoms with van der Waals surface area (Å²) in [7, 11) is 1.67. The zero-order chi connectivity index (χ0) is 23.8. The standard InChI is InChI=1S/C25H32Cl2N2O4.ClH/c1-17-12-22(26)24(23(27)13-17)33-11-10-32-21-7-5-18(6-8-21)14-19(15-28)25(30)29-9-3-4-20(29)16-31-2;/h5-8,12-13,19-20H,3-4,9-11,14-16,28H2,1-2H3;1H/t19?,20-;/m0./s1. The van der Waals surface area contributed by atoms with Crippen LogP contribution in [0.3, 0.4) is 0 Å². The number of rotatable bonds is 11. The first kappa shape index (κ1) is 28.5. The second-order valence-electron chi connectivity index (χ2n) is 8.32. The minimum atomic E-state index is -0.244. The van der Waals surface area contributed by atoms with Gasteiger partial charge in [0.05, 0.1) is 28.6 Å². The van der Waals surface area contributed by atoms with Gasteiger partial charge in [0.15, 0.2) is 5.75 Å². The zero-order valence-corrected chi connectivity index (χ0v) is 21.9. The molecule has 1 heterocycles. The molecule has 1 aliphatic rings. The highest BCUT2D eigenvalue weighted by Crippen LogP contribution is 2.34. The topological polar surface area (TPSA) is 74.0 Å². The van der Waals surface area contributed by atoms with Gasteiger partial charge in [0.25, 0.3) is 0 Å².